The summed E-state index contributed by atoms with van der Waals surface area (Å²) in [6.45, 7) is 10.0. The average molecular weight is 685 g/mol. The lowest BCUT2D eigenvalue weighted by atomic mass is 9.94. The highest BCUT2D eigenvalue weighted by atomic mass is 79.9. The molecule has 0 fully saturated rings. The maximum absolute atomic E-state index is 10.2. The van der Waals surface area contributed by atoms with E-state index in [-0.39, 0.29) is 24.0 Å². The molecular weight excluding hydrogens is 648 g/mol. The summed E-state index contributed by atoms with van der Waals surface area (Å²) in [6, 6.07) is 21.0. The normalized spacial score (nSPS) is 12.6. The summed E-state index contributed by atoms with van der Waals surface area (Å²) >= 11 is 7.42. The molecule has 0 unspecified atom stereocenters. The monoisotopic (exact) mass is 683 g/mol. The quantitative estimate of drug-likeness (QED) is 0.162. The molecule has 9 heteroatoms. The molecule has 216 valence electrons. The van der Waals surface area contributed by atoms with Gasteiger partial charge in [0.2, 0.25) is 5.52 Å². The van der Waals surface area contributed by atoms with E-state index in [1.54, 1.807) is 7.11 Å². The Hall–Kier alpha value is -2.56. The highest BCUT2D eigenvalue weighted by Gasteiger charge is 2.30. The number of aliphatic hydroxyl groups is 2. The van der Waals surface area contributed by atoms with Crippen molar-refractivity contribution >= 4 is 53.8 Å². The van der Waals surface area contributed by atoms with E-state index < -0.39 is 0 Å². The van der Waals surface area contributed by atoms with E-state index in [2.05, 4.69) is 98.8 Å². The number of hydrogen-bond acceptors (Lipinski definition) is 4. The minimum Gasteiger partial charge on any atom is -0.396 e. The molecule has 0 aliphatic rings. The standard InChI is InChI=1S/C32H37Br2N4O3/c1-31(2,19-39)17-36-27-13-23(34)14-29(25(27)15-28(36)24-9-7-6-8-21(24)16-41-5)38-26-11-10-22(33)12-30(26)37(35-38)18-32(3,4)20-40/h6-15,39-40H,16-20H2,1-5H3/q+1. The smallest absolute Gasteiger partial charge is 0.204 e. The SMILES string of the molecule is COCc1ccccc1-c1cc2c(-n3n[n+](CC(C)(C)CO)c4cc(Br)ccc43)cc(Br)cc2n1CC(C)(C)CO. The summed E-state index contributed by atoms with van der Waals surface area (Å²) in [6.07, 6.45) is 0. The number of ether oxygens (including phenoxy) is 1. The van der Waals surface area contributed by atoms with Gasteiger partial charge in [0.1, 0.15) is 6.54 Å². The Bertz CT molecular complexity index is 1720. The van der Waals surface area contributed by atoms with Crippen LogP contribution in [0, 0.1) is 10.8 Å². The molecule has 2 aromatic heterocycles. The van der Waals surface area contributed by atoms with E-state index in [4.69, 9.17) is 9.95 Å². The molecule has 0 atom stereocenters. The Balaban J connectivity index is 1.82. The van der Waals surface area contributed by atoms with E-state index in [0.717, 1.165) is 53.4 Å². The molecule has 7 nitrogen and oxygen atoms in total. The zero-order valence-electron chi connectivity index (χ0n) is 24.2. The lowest BCUT2D eigenvalue weighted by molar-refractivity contribution is -0.743. The third kappa shape index (κ3) is 6.01. The molecular formula is C32H37Br2N4O3+. The summed E-state index contributed by atoms with van der Waals surface area (Å²) in [5.41, 5.74) is 6.48. The van der Waals surface area contributed by atoms with E-state index in [1.807, 2.05) is 35.3 Å². The highest BCUT2D eigenvalue weighted by molar-refractivity contribution is 9.10. The van der Waals surface area contributed by atoms with Gasteiger partial charge in [-0.15, -0.1) is 4.68 Å². The third-order valence-electron chi connectivity index (χ3n) is 7.45. The van der Waals surface area contributed by atoms with Crippen LogP contribution in [0.1, 0.15) is 33.3 Å². The van der Waals surface area contributed by atoms with Crippen molar-refractivity contribution in [2.45, 2.75) is 47.4 Å². The van der Waals surface area contributed by atoms with Crippen molar-refractivity contribution < 1.29 is 19.6 Å². The maximum Gasteiger partial charge on any atom is 0.204 e. The van der Waals surface area contributed by atoms with Crippen molar-refractivity contribution in [3.63, 3.8) is 0 Å². The van der Waals surface area contributed by atoms with Gasteiger partial charge in [-0.2, -0.15) is 0 Å². The fourth-order valence-corrected chi connectivity index (χ4v) is 6.02. The van der Waals surface area contributed by atoms with Gasteiger partial charge in [0, 0.05) is 68.8 Å². The van der Waals surface area contributed by atoms with Gasteiger partial charge in [-0.1, -0.05) is 88.5 Å². The zero-order valence-corrected chi connectivity index (χ0v) is 27.3. The summed E-state index contributed by atoms with van der Waals surface area (Å²) < 4.78 is 13.7. The fraction of sp³-hybridized carbons (Fsp3) is 0.375. The zero-order chi connectivity index (χ0) is 29.5. The van der Waals surface area contributed by atoms with Crippen LogP contribution in [0.25, 0.3) is 38.9 Å². The van der Waals surface area contributed by atoms with Crippen LogP contribution in [0.5, 0.6) is 0 Å². The van der Waals surface area contributed by atoms with Crippen molar-refractivity contribution in [3.8, 4) is 16.9 Å². The minimum atomic E-state index is -0.344. The summed E-state index contributed by atoms with van der Waals surface area (Å²) in [7, 11) is 1.71. The molecule has 41 heavy (non-hydrogen) atoms. The predicted octanol–water partition coefficient (Wildman–Crippen LogP) is 6.64. The molecule has 2 N–H and O–H groups in total. The second-order valence-corrected chi connectivity index (χ2v) is 14.1. The summed E-state index contributed by atoms with van der Waals surface area (Å²) in [5, 5.41) is 26.4. The van der Waals surface area contributed by atoms with Crippen molar-refractivity contribution in [2.24, 2.45) is 10.8 Å². The predicted molar refractivity (Wildman–Crippen MR) is 170 cm³/mol. The van der Waals surface area contributed by atoms with Crippen LogP contribution < -0.4 is 4.68 Å². The van der Waals surface area contributed by atoms with Crippen LogP contribution in [0.15, 0.2) is 69.6 Å². The largest absolute Gasteiger partial charge is 0.396 e. The Morgan fingerprint density at radius 2 is 1.61 bits per heavy atom. The average Bonchev–Trinajstić information content (AvgIpc) is 3.46. The molecule has 0 radical (unpaired) electrons. The number of nitrogens with zero attached hydrogens (tertiary/aromatic N) is 4. The van der Waals surface area contributed by atoms with Crippen molar-refractivity contribution in [2.75, 3.05) is 20.3 Å². The molecule has 0 spiro atoms. The molecule has 5 rings (SSSR count). The Labute approximate surface area is 257 Å². The van der Waals surface area contributed by atoms with Crippen LogP contribution in [0.2, 0.25) is 0 Å². The van der Waals surface area contributed by atoms with Crippen molar-refractivity contribution in [1.82, 2.24) is 14.5 Å². The number of hydrogen-bond donors (Lipinski definition) is 2. The van der Waals surface area contributed by atoms with Crippen molar-refractivity contribution in [1.29, 1.82) is 0 Å². The molecule has 0 bridgehead atoms. The first-order valence-corrected chi connectivity index (χ1v) is 15.3. The number of aliphatic hydroxyl groups excluding tert-OH is 2. The second-order valence-electron chi connectivity index (χ2n) is 12.3. The van der Waals surface area contributed by atoms with E-state index in [1.165, 1.54) is 0 Å². The number of halogens is 2. The molecule has 0 aliphatic heterocycles. The van der Waals surface area contributed by atoms with Gasteiger partial charge in [0.05, 0.1) is 23.9 Å². The summed E-state index contributed by atoms with van der Waals surface area (Å²) in [5.74, 6) is 0. The maximum atomic E-state index is 10.2. The Morgan fingerprint density at radius 1 is 0.878 bits per heavy atom. The number of benzene rings is 3. The molecule has 0 saturated heterocycles. The summed E-state index contributed by atoms with van der Waals surface area (Å²) in [4.78, 5) is 0. The Kier molecular flexibility index (Phi) is 8.47. The topological polar surface area (TPSA) is 76.3 Å². The van der Waals surface area contributed by atoms with Crippen LogP contribution in [-0.4, -0.2) is 45.0 Å². The molecule has 0 amide bonds. The van der Waals surface area contributed by atoms with Crippen LogP contribution in [0.3, 0.4) is 0 Å². The highest BCUT2D eigenvalue weighted by Crippen LogP contribution is 2.38. The van der Waals surface area contributed by atoms with Gasteiger partial charge >= 0.3 is 0 Å². The molecule has 0 saturated carbocycles. The number of fused-ring (bicyclic) bond motifs is 2. The molecule has 2 heterocycles. The van der Waals surface area contributed by atoms with Crippen LogP contribution in [-0.2, 0) is 24.4 Å². The van der Waals surface area contributed by atoms with E-state index in [0.29, 0.717) is 19.7 Å². The van der Waals surface area contributed by atoms with Crippen LogP contribution in [0.4, 0.5) is 0 Å². The number of aromatic nitrogens is 4. The Morgan fingerprint density at radius 3 is 2.32 bits per heavy atom. The van der Waals surface area contributed by atoms with E-state index >= 15 is 0 Å². The lowest BCUT2D eigenvalue weighted by Gasteiger charge is -2.25. The van der Waals surface area contributed by atoms with Gasteiger partial charge < -0.3 is 19.5 Å². The first-order chi connectivity index (χ1) is 19.5. The number of rotatable bonds is 10. The second kappa shape index (κ2) is 11.6. The molecule has 3 aromatic carbocycles. The third-order valence-corrected chi connectivity index (χ3v) is 8.40. The van der Waals surface area contributed by atoms with Crippen molar-refractivity contribution in [3.05, 3.63) is 75.2 Å². The molecule has 0 aliphatic carbocycles. The van der Waals surface area contributed by atoms with Gasteiger partial charge in [0.25, 0.3) is 0 Å². The minimum absolute atomic E-state index is 0.0528. The first kappa shape index (κ1) is 29.9. The van der Waals surface area contributed by atoms with Crippen LogP contribution >= 0.6 is 31.9 Å². The fourth-order valence-electron chi connectivity index (χ4n) is 5.24. The molecule has 5 aromatic rings. The van der Waals surface area contributed by atoms with Gasteiger partial charge in [0.15, 0.2) is 11.2 Å². The number of methoxy groups -OCH3 is 1. The first-order valence-electron chi connectivity index (χ1n) is 13.7. The lowest BCUT2D eigenvalue weighted by Crippen LogP contribution is -2.45. The van der Waals surface area contributed by atoms with Gasteiger partial charge in [-0.05, 0) is 29.8 Å². The van der Waals surface area contributed by atoms with E-state index in [9.17, 15) is 10.2 Å². The van der Waals surface area contributed by atoms with Gasteiger partial charge in [-0.3, -0.25) is 0 Å². The van der Waals surface area contributed by atoms with Gasteiger partial charge in [-0.25, -0.2) is 0 Å².